The second kappa shape index (κ2) is 5.90. The summed E-state index contributed by atoms with van der Waals surface area (Å²) in [6.07, 6.45) is 1.64. The zero-order chi connectivity index (χ0) is 15.8. The maximum absolute atomic E-state index is 5.97. The molecule has 118 valence electrons. The van der Waals surface area contributed by atoms with E-state index in [2.05, 4.69) is 29.1 Å². The zero-order valence-corrected chi connectivity index (χ0v) is 14.2. The minimum atomic E-state index is 0.632. The number of piperazine rings is 1. The number of halogens is 1. The third kappa shape index (κ3) is 2.94. The molecule has 0 saturated carbocycles. The number of nitrogens with zero attached hydrogens (tertiary/aromatic N) is 6. The minimum Gasteiger partial charge on any atom is -0.353 e. The molecule has 1 saturated heterocycles. The molecular formula is C15H15ClN6S. The molecule has 3 aromatic heterocycles. The predicted molar refractivity (Wildman–Crippen MR) is 93.6 cm³/mol. The highest BCUT2D eigenvalue weighted by Crippen LogP contribution is 2.23. The number of pyridine rings is 2. The van der Waals surface area contributed by atoms with Crippen LogP contribution in [0.4, 0.5) is 10.9 Å². The van der Waals surface area contributed by atoms with Gasteiger partial charge in [0.2, 0.25) is 5.13 Å². The summed E-state index contributed by atoms with van der Waals surface area (Å²) < 4.78 is 4.25. The van der Waals surface area contributed by atoms with Crippen molar-refractivity contribution in [1.82, 2.24) is 19.3 Å². The van der Waals surface area contributed by atoms with Gasteiger partial charge in [0.25, 0.3) is 0 Å². The van der Waals surface area contributed by atoms with Crippen LogP contribution >= 0.6 is 23.1 Å². The molecule has 1 aliphatic heterocycles. The predicted octanol–water partition coefficient (Wildman–Crippen LogP) is 2.77. The first-order chi connectivity index (χ1) is 11.2. The Bertz CT molecular complexity index is 843. The lowest BCUT2D eigenvalue weighted by Gasteiger charge is -2.35. The largest absolute Gasteiger partial charge is 0.353 e. The van der Waals surface area contributed by atoms with Crippen LogP contribution in [-0.2, 0) is 0 Å². The van der Waals surface area contributed by atoms with E-state index >= 15 is 0 Å². The fourth-order valence-electron chi connectivity index (χ4n) is 2.69. The molecule has 4 heterocycles. The molecule has 0 bridgehead atoms. The van der Waals surface area contributed by atoms with Crippen molar-refractivity contribution in [3.63, 3.8) is 0 Å². The monoisotopic (exact) mass is 346 g/mol. The molecule has 0 amide bonds. The summed E-state index contributed by atoms with van der Waals surface area (Å²) >= 11 is 7.43. The molecule has 0 aliphatic carbocycles. The quantitative estimate of drug-likeness (QED) is 0.711. The van der Waals surface area contributed by atoms with Crippen LogP contribution in [0.15, 0.2) is 24.4 Å². The Hall–Kier alpha value is -1.99. The highest BCUT2D eigenvalue weighted by atomic mass is 35.5. The van der Waals surface area contributed by atoms with Gasteiger partial charge in [-0.15, -0.1) is 0 Å². The highest BCUT2D eigenvalue weighted by molar-refractivity contribution is 7.09. The summed E-state index contributed by atoms with van der Waals surface area (Å²) in [7, 11) is 0. The number of anilines is 2. The third-order valence-corrected chi connectivity index (χ3v) is 4.96. The summed E-state index contributed by atoms with van der Waals surface area (Å²) in [5.74, 6) is 1.80. The Labute approximate surface area is 142 Å². The summed E-state index contributed by atoms with van der Waals surface area (Å²) in [5.41, 5.74) is 0.731. The molecule has 1 fully saturated rings. The smallest absolute Gasteiger partial charge is 0.205 e. The van der Waals surface area contributed by atoms with Crippen LogP contribution in [0.3, 0.4) is 0 Å². The van der Waals surface area contributed by atoms with E-state index in [-0.39, 0.29) is 0 Å². The van der Waals surface area contributed by atoms with Crippen LogP contribution in [0.5, 0.6) is 0 Å². The summed E-state index contributed by atoms with van der Waals surface area (Å²) in [4.78, 5) is 18.0. The van der Waals surface area contributed by atoms with Gasteiger partial charge in [0, 0.05) is 49.3 Å². The minimum absolute atomic E-state index is 0.632. The molecule has 3 aromatic rings. The van der Waals surface area contributed by atoms with Crippen molar-refractivity contribution >= 4 is 45.1 Å². The van der Waals surface area contributed by atoms with Gasteiger partial charge < -0.3 is 9.80 Å². The van der Waals surface area contributed by atoms with E-state index in [1.54, 1.807) is 6.20 Å². The number of rotatable bonds is 2. The van der Waals surface area contributed by atoms with Gasteiger partial charge in [-0.05, 0) is 25.1 Å². The molecule has 1 aliphatic rings. The van der Waals surface area contributed by atoms with Crippen LogP contribution in [0.2, 0.25) is 5.02 Å². The van der Waals surface area contributed by atoms with Gasteiger partial charge in [0.05, 0.1) is 5.02 Å². The van der Waals surface area contributed by atoms with Gasteiger partial charge in [0.1, 0.15) is 11.6 Å². The van der Waals surface area contributed by atoms with Crippen molar-refractivity contribution < 1.29 is 0 Å². The van der Waals surface area contributed by atoms with Gasteiger partial charge in [-0.1, -0.05) is 11.6 Å². The fraction of sp³-hybridized carbons (Fsp3) is 0.333. The van der Waals surface area contributed by atoms with Gasteiger partial charge in [-0.2, -0.15) is 4.37 Å². The van der Waals surface area contributed by atoms with Crippen LogP contribution in [0, 0.1) is 6.92 Å². The lowest BCUT2D eigenvalue weighted by molar-refractivity contribution is 0.646. The number of hydrogen-bond donors (Lipinski definition) is 0. The second-order valence-electron chi connectivity index (χ2n) is 5.47. The van der Waals surface area contributed by atoms with E-state index in [0.29, 0.717) is 5.02 Å². The summed E-state index contributed by atoms with van der Waals surface area (Å²) in [6.45, 7) is 5.58. The molecule has 0 spiro atoms. The summed E-state index contributed by atoms with van der Waals surface area (Å²) in [5, 5.41) is 2.60. The first-order valence-corrected chi connectivity index (χ1v) is 8.57. The highest BCUT2D eigenvalue weighted by Gasteiger charge is 2.20. The van der Waals surface area contributed by atoms with E-state index in [1.807, 2.05) is 25.1 Å². The molecular weight excluding hydrogens is 332 g/mol. The molecule has 0 aromatic carbocycles. The molecule has 23 heavy (non-hydrogen) atoms. The van der Waals surface area contributed by atoms with E-state index in [4.69, 9.17) is 11.6 Å². The molecule has 0 radical (unpaired) electrons. The Morgan fingerprint density at radius 1 is 1.09 bits per heavy atom. The maximum Gasteiger partial charge on any atom is 0.205 e. The molecule has 4 rings (SSSR count). The Balaban J connectivity index is 1.50. The van der Waals surface area contributed by atoms with E-state index in [1.165, 1.54) is 11.5 Å². The van der Waals surface area contributed by atoms with Gasteiger partial charge in [-0.25, -0.2) is 15.0 Å². The SMILES string of the molecule is Cc1nsc(N2CCN(c3ccc4cc(Cl)cnc4n3)CC2)n1. The average molecular weight is 347 g/mol. The van der Waals surface area contributed by atoms with Crippen molar-refractivity contribution in [2.45, 2.75) is 6.92 Å². The van der Waals surface area contributed by atoms with Gasteiger partial charge in [0.15, 0.2) is 5.65 Å². The van der Waals surface area contributed by atoms with E-state index < -0.39 is 0 Å². The molecule has 0 unspecified atom stereocenters. The van der Waals surface area contributed by atoms with Crippen molar-refractivity contribution in [2.24, 2.45) is 0 Å². The Morgan fingerprint density at radius 2 is 1.87 bits per heavy atom. The second-order valence-corrected chi connectivity index (χ2v) is 6.63. The van der Waals surface area contributed by atoms with E-state index in [0.717, 1.165) is 54.0 Å². The molecule has 0 atom stereocenters. The summed E-state index contributed by atoms with van der Waals surface area (Å²) in [6, 6.07) is 5.94. The number of aryl methyl sites for hydroxylation is 1. The van der Waals surface area contributed by atoms with Crippen molar-refractivity contribution in [2.75, 3.05) is 36.0 Å². The first-order valence-electron chi connectivity index (χ1n) is 7.41. The molecule has 0 N–H and O–H groups in total. The molecule has 8 heteroatoms. The van der Waals surface area contributed by atoms with E-state index in [9.17, 15) is 0 Å². The maximum atomic E-state index is 5.97. The van der Waals surface area contributed by atoms with Crippen LogP contribution < -0.4 is 9.80 Å². The normalized spacial score (nSPS) is 15.4. The van der Waals surface area contributed by atoms with Crippen LogP contribution in [0.25, 0.3) is 11.0 Å². The lowest BCUT2D eigenvalue weighted by Crippen LogP contribution is -2.46. The topological polar surface area (TPSA) is 58.0 Å². The number of fused-ring (bicyclic) bond motifs is 1. The fourth-order valence-corrected chi connectivity index (χ4v) is 3.58. The Morgan fingerprint density at radius 3 is 2.61 bits per heavy atom. The Kier molecular flexibility index (Phi) is 3.74. The van der Waals surface area contributed by atoms with Crippen molar-refractivity contribution in [1.29, 1.82) is 0 Å². The standard InChI is InChI=1S/C15H15ClN6S/c1-10-18-15(23-20-10)22-6-4-21(5-7-22)13-3-2-11-8-12(16)9-17-14(11)19-13/h2-3,8-9H,4-7H2,1H3. The molecule has 6 nitrogen and oxygen atoms in total. The van der Waals surface area contributed by atoms with Gasteiger partial charge >= 0.3 is 0 Å². The van der Waals surface area contributed by atoms with Crippen molar-refractivity contribution in [3.8, 4) is 0 Å². The number of aromatic nitrogens is 4. The first kappa shape index (κ1) is 14.6. The average Bonchev–Trinajstić information content (AvgIpc) is 3.01. The number of hydrogen-bond acceptors (Lipinski definition) is 7. The lowest BCUT2D eigenvalue weighted by atomic mass is 10.2. The van der Waals surface area contributed by atoms with Gasteiger partial charge in [-0.3, -0.25) is 0 Å². The van der Waals surface area contributed by atoms with Crippen LogP contribution in [0.1, 0.15) is 5.82 Å². The third-order valence-electron chi connectivity index (χ3n) is 3.89. The van der Waals surface area contributed by atoms with Crippen molar-refractivity contribution in [3.05, 3.63) is 35.2 Å². The van der Waals surface area contributed by atoms with Crippen LogP contribution in [-0.4, -0.2) is 45.5 Å². The zero-order valence-electron chi connectivity index (χ0n) is 12.6.